The molecule has 6 aromatic carbocycles. The standard InChI is InChI=1S/C63H64N2O2/c1-44-35-50-13-7-5-3-4-6-8-14-51-36-45(2)38-55(42-51)63-61-22-12-18-53(59(61)32-34-65-63)40-49-29-25-47(26-30-49)16-10-20-57(67)43-56(66)19-9-15-46-23-27-48(28-24-46)39-52-17-11-21-60-58(52)31-33-64-62(60)54(37-44)41-50/h11-12,17-18,21-38,41-43,66H,3-10,13-16,19-20,39-40H2,1-2H3. The number of aryl methyl sites for hydroxylation is 6. The monoisotopic (exact) mass is 880 g/mol. The van der Waals surface area contributed by atoms with E-state index in [0.717, 1.165) is 62.8 Å². The number of aliphatic hydroxyl groups is 1. The van der Waals surface area contributed by atoms with Crippen LogP contribution in [0.3, 0.4) is 0 Å². The van der Waals surface area contributed by atoms with Crippen molar-refractivity contribution < 1.29 is 9.90 Å². The van der Waals surface area contributed by atoms with Gasteiger partial charge in [0.25, 0.3) is 0 Å². The lowest BCUT2D eigenvalue weighted by molar-refractivity contribution is -0.114. The summed E-state index contributed by atoms with van der Waals surface area (Å²) >= 11 is 0. The highest BCUT2D eigenvalue weighted by Crippen LogP contribution is 2.33. The van der Waals surface area contributed by atoms with Crippen molar-refractivity contribution in [2.45, 2.75) is 117 Å². The molecule has 0 unspecified atom stereocenters. The van der Waals surface area contributed by atoms with Crippen LogP contribution in [0, 0.1) is 13.8 Å². The van der Waals surface area contributed by atoms with E-state index in [2.05, 4.69) is 147 Å². The molecule has 338 valence electrons. The highest BCUT2D eigenvalue weighted by molar-refractivity contribution is 5.98. The molecule has 3 aliphatic rings. The summed E-state index contributed by atoms with van der Waals surface area (Å²) in [4.78, 5) is 22.7. The third kappa shape index (κ3) is 11.8. The summed E-state index contributed by atoms with van der Waals surface area (Å²) in [5, 5.41) is 15.5. The van der Waals surface area contributed by atoms with E-state index in [1.165, 1.54) is 133 Å². The molecule has 0 spiro atoms. The molecule has 4 heteroatoms. The second kappa shape index (κ2) is 21.8. The Bertz CT molecular complexity index is 3020. The average Bonchev–Trinajstić information content (AvgIpc) is 3.33. The Kier molecular flexibility index (Phi) is 14.8. The van der Waals surface area contributed by atoms with Gasteiger partial charge in [-0.1, -0.05) is 134 Å². The van der Waals surface area contributed by atoms with Crippen LogP contribution in [0.1, 0.15) is 120 Å². The molecule has 0 radical (unpaired) electrons. The van der Waals surface area contributed by atoms with Crippen LogP contribution in [-0.2, 0) is 43.3 Å². The van der Waals surface area contributed by atoms with Gasteiger partial charge in [0.05, 0.1) is 17.1 Å². The lowest BCUT2D eigenvalue weighted by atomic mass is 9.94. The van der Waals surface area contributed by atoms with Gasteiger partial charge in [0.2, 0.25) is 0 Å². The third-order valence-corrected chi connectivity index (χ3v) is 13.7. The van der Waals surface area contributed by atoms with Gasteiger partial charge >= 0.3 is 0 Å². The molecule has 0 amide bonds. The number of aliphatic hydroxyl groups excluding tert-OH is 1. The molecule has 0 aliphatic heterocycles. The molecule has 2 aromatic heterocycles. The fraction of sp³-hybridized carbons (Fsp3) is 0.286. The zero-order valence-electron chi connectivity index (χ0n) is 39.5. The van der Waals surface area contributed by atoms with Gasteiger partial charge in [0, 0.05) is 53.2 Å². The van der Waals surface area contributed by atoms with Gasteiger partial charge in [-0.05, 0) is 170 Å². The molecule has 0 fully saturated rings. The second-order valence-corrected chi connectivity index (χ2v) is 19.2. The van der Waals surface area contributed by atoms with Crippen molar-refractivity contribution in [3.63, 3.8) is 0 Å². The van der Waals surface area contributed by atoms with Gasteiger partial charge in [0.1, 0.15) is 0 Å². The molecular formula is C63H64N2O2. The Hall–Kier alpha value is -6.65. The van der Waals surface area contributed by atoms with E-state index in [1.807, 2.05) is 12.4 Å². The first-order valence-corrected chi connectivity index (χ1v) is 24.8. The minimum Gasteiger partial charge on any atom is -0.512 e. The van der Waals surface area contributed by atoms with E-state index < -0.39 is 0 Å². The number of hydrogen-bond acceptors (Lipinski definition) is 4. The zero-order chi connectivity index (χ0) is 46.0. The van der Waals surface area contributed by atoms with Gasteiger partial charge in [-0.3, -0.25) is 14.8 Å². The molecule has 4 nitrogen and oxygen atoms in total. The van der Waals surface area contributed by atoms with Gasteiger partial charge in [-0.2, -0.15) is 0 Å². The second-order valence-electron chi connectivity index (χ2n) is 19.2. The Morgan fingerprint density at radius 1 is 0.403 bits per heavy atom. The number of carbonyl (C=O) groups is 1. The quantitative estimate of drug-likeness (QED) is 0.165. The summed E-state index contributed by atoms with van der Waals surface area (Å²) < 4.78 is 0. The molecule has 11 rings (SSSR count). The topological polar surface area (TPSA) is 63.1 Å². The molecule has 0 saturated carbocycles. The van der Waals surface area contributed by atoms with Crippen LogP contribution in [0.15, 0.2) is 158 Å². The van der Waals surface area contributed by atoms with Gasteiger partial charge in [-0.25, -0.2) is 0 Å². The van der Waals surface area contributed by atoms with E-state index in [-0.39, 0.29) is 11.5 Å². The molecule has 67 heavy (non-hydrogen) atoms. The largest absolute Gasteiger partial charge is 0.512 e. The van der Waals surface area contributed by atoms with Crippen LogP contribution in [-0.4, -0.2) is 20.9 Å². The lowest BCUT2D eigenvalue weighted by Crippen LogP contribution is -1.98. The smallest absolute Gasteiger partial charge is 0.159 e. The first kappa shape index (κ1) is 45.5. The van der Waals surface area contributed by atoms with E-state index in [0.29, 0.717) is 12.8 Å². The molecule has 1 N–H and O–H groups in total. The van der Waals surface area contributed by atoms with Crippen LogP contribution in [0.4, 0.5) is 0 Å². The number of rotatable bonds is 0. The van der Waals surface area contributed by atoms with Gasteiger partial charge < -0.3 is 5.11 Å². The summed E-state index contributed by atoms with van der Waals surface area (Å²) in [6.07, 6.45) is 20.8. The maximum absolute atomic E-state index is 12.8. The number of carbonyl (C=O) groups excluding carboxylic acids is 1. The van der Waals surface area contributed by atoms with Crippen molar-refractivity contribution in [1.29, 1.82) is 0 Å². The molecule has 3 aliphatic carbocycles. The highest BCUT2D eigenvalue weighted by Gasteiger charge is 2.14. The maximum Gasteiger partial charge on any atom is 0.159 e. The van der Waals surface area contributed by atoms with Crippen molar-refractivity contribution in [1.82, 2.24) is 9.97 Å². The summed E-state index contributed by atoms with van der Waals surface area (Å²) in [5.74, 6) is 0.161. The predicted octanol–water partition coefficient (Wildman–Crippen LogP) is 15.7. The number of pyridine rings is 2. The molecule has 8 aromatic rings. The van der Waals surface area contributed by atoms with Crippen LogP contribution < -0.4 is 0 Å². The molecule has 0 atom stereocenters. The van der Waals surface area contributed by atoms with Crippen molar-refractivity contribution in [2.75, 3.05) is 0 Å². The van der Waals surface area contributed by atoms with Crippen LogP contribution >= 0.6 is 0 Å². The summed E-state index contributed by atoms with van der Waals surface area (Å²) in [7, 11) is 0. The van der Waals surface area contributed by atoms with Gasteiger partial charge in [-0.15, -0.1) is 0 Å². The van der Waals surface area contributed by atoms with Crippen molar-refractivity contribution in [3.8, 4) is 22.5 Å². The maximum atomic E-state index is 12.8. The van der Waals surface area contributed by atoms with Gasteiger partial charge in [0.15, 0.2) is 5.78 Å². The van der Waals surface area contributed by atoms with Crippen molar-refractivity contribution in [2.24, 2.45) is 0 Å². The first-order valence-electron chi connectivity index (χ1n) is 24.8. The molecule has 2 heterocycles. The van der Waals surface area contributed by atoms with Crippen molar-refractivity contribution in [3.05, 3.63) is 213 Å². The number of nitrogens with zero attached hydrogens (tertiary/aromatic N) is 2. The minimum absolute atomic E-state index is 0.0134. The predicted molar refractivity (Wildman–Crippen MR) is 279 cm³/mol. The Labute approximate surface area is 397 Å². The third-order valence-electron chi connectivity index (χ3n) is 13.7. The van der Waals surface area contributed by atoms with Crippen LogP contribution in [0.2, 0.25) is 0 Å². The van der Waals surface area contributed by atoms with Crippen LogP contribution in [0.25, 0.3) is 44.1 Å². The Morgan fingerprint density at radius 2 is 0.836 bits per heavy atom. The number of allylic oxidation sites excluding steroid dienone is 2. The molecule has 16 bridgehead atoms. The summed E-state index contributed by atoms with van der Waals surface area (Å²) in [6.45, 7) is 4.42. The minimum atomic E-state index is -0.0134. The fourth-order valence-electron chi connectivity index (χ4n) is 10.3. The Balaban J connectivity index is 0.914. The number of aromatic nitrogens is 2. The van der Waals surface area contributed by atoms with Crippen molar-refractivity contribution >= 4 is 27.3 Å². The molecule has 0 saturated heterocycles. The lowest BCUT2D eigenvalue weighted by Gasteiger charge is -2.13. The zero-order valence-corrected chi connectivity index (χ0v) is 39.5. The van der Waals surface area contributed by atoms with E-state index in [1.54, 1.807) is 0 Å². The fourth-order valence-corrected chi connectivity index (χ4v) is 10.3. The van der Waals surface area contributed by atoms with E-state index in [4.69, 9.17) is 9.97 Å². The number of ketones is 1. The summed E-state index contributed by atoms with van der Waals surface area (Å²) in [5.41, 5.74) is 17.4. The summed E-state index contributed by atoms with van der Waals surface area (Å²) in [6, 6.07) is 49.3. The highest BCUT2D eigenvalue weighted by atomic mass is 16.3. The number of hydrogen-bond donors (Lipinski definition) is 1. The van der Waals surface area contributed by atoms with E-state index in [9.17, 15) is 9.90 Å². The normalized spacial score (nSPS) is 15.1. The molecular weight excluding hydrogens is 817 g/mol. The van der Waals surface area contributed by atoms with Crippen LogP contribution in [0.5, 0.6) is 0 Å². The Morgan fingerprint density at radius 3 is 1.33 bits per heavy atom. The number of benzene rings is 6. The average molecular weight is 881 g/mol. The first-order chi connectivity index (χ1) is 32.8. The van der Waals surface area contributed by atoms with E-state index >= 15 is 0 Å². The number of fused-ring (bicyclic) bond motifs is 2. The SMILES string of the molecule is Cc1cc2cc(c1)-c1nccc3c(cccc13)Cc1ccc(cc1)CCCC(=O)C=C(O)CCCc1ccc(cc1)Cc1cccc3c(nccc13)-c1cc(C)cc(c1)CCCCCCCC2.